The highest BCUT2D eigenvalue weighted by Gasteiger charge is 2.26. The molecule has 0 spiro atoms. The van der Waals surface area contributed by atoms with Crippen LogP contribution in [-0.2, 0) is 13.0 Å². The summed E-state index contributed by atoms with van der Waals surface area (Å²) >= 11 is 0. The van der Waals surface area contributed by atoms with Gasteiger partial charge in [0.05, 0.1) is 12.3 Å². The number of fused-ring (bicyclic) bond motifs is 1. The minimum atomic E-state index is -0.817. The van der Waals surface area contributed by atoms with Crippen LogP contribution in [0.1, 0.15) is 21.5 Å². The Hall–Kier alpha value is -2.21. The molecule has 0 saturated heterocycles. The van der Waals surface area contributed by atoms with E-state index in [1.165, 1.54) is 11.1 Å². The van der Waals surface area contributed by atoms with Crippen LogP contribution in [0.3, 0.4) is 0 Å². The summed E-state index contributed by atoms with van der Waals surface area (Å²) in [6.45, 7) is 1.66. The molecule has 1 aliphatic rings. The molecular weight excluding hydrogens is 302 g/mol. The Kier molecular flexibility index (Phi) is 5.25. The van der Waals surface area contributed by atoms with E-state index in [1.54, 1.807) is 12.1 Å². The number of aliphatic hydroxyl groups excluding tert-OH is 1. The lowest BCUT2D eigenvalue weighted by atomic mass is 9.99. The van der Waals surface area contributed by atoms with Crippen molar-refractivity contribution in [3.63, 3.8) is 0 Å². The first kappa shape index (κ1) is 16.6. The molecule has 2 aromatic rings. The Morgan fingerprint density at radius 1 is 1.12 bits per heavy atom. The van der Waals surface area contributed by atoms with Crippen LogP contribution < -0.4 is 11.1 Å². The molecule has 0 saturated carbocycles. The molecule has 1 heterocycles. The molecular formula is C19H23N3O2. The van der Waals surface area contributed by atoms with Gasteiger partial charge in [0.15, 0.2) is 0 Å². The summed E-state index contributed by atoms with van der Waals surface area (Å²) in [5.74, 6) is -0.203. The van der Waals surface area contributed by atoms with Crippen LogP contribution in [0.25, 0.3) is 0 Å². The van der Waals surface area contributed by atoms with Gasteiger partial charge < -0.3 is 16.2 Å². The first-order valence-corrected chi connectivity index (χ1v) is 8.23. The van der Waals surface area contributed by atoms with E-state index in [4.69, 9.17) is 5.73 Å². The maximum absolute atomic E-state index is 12.0. The van der Waals surface area contributed by atoms with E-state index in [0.29, 0.717) is 5.56 Å². The van der Waals surface area contributed by atoms with E-state index < -0.39 is 12.3 Å². The molecule has 5 heteroatoms. The number of nitrogens with one attached hydrogen (secondary N) is 1. The average molecular weight is 325 g/mol. The van der Waals surface area contributed by atoms with Crippen molar-refractivity contribution < 1.29 is 9.90 Å². The van der Waals surface area contributed by atoms with Gasteiger partial charge in [0.2, 0.25) is 0 Å². The first-order chi connectivity index (χ1) is 11.6. The van der Waals surface area contributed by atoms with Crippen LogP contribution in [-0.4, -0.2) is 41.3 Å². The third-order valence-corrected chi connectivity index (χ3v) is 4.48. The highest BCUT2D eigenvalue weighted by Crippen LogP contribution is 2.19. The van der Waals surface area contributed by atoms with Crippen molar-refractivity contribution in [2.45, 2.75) is 25.2 Å². The molecule has 1 aliphatic heterocycles. The molecule has 3 rings (SSSR count). The minimum absolute atomic E-state index is 0.132. The number of amides is 1. The van der Waals surface area contributed by atoms with E-state index >= 15 is 0 Å². The summed E-state index contributed by atoms with van der Waals surface area (Å²) in [6.07, 6.45) is -0.398. The molecule has 5 nitrogen and oxygen atoms in total. The predicted octanol–water partition coefficient (Wildman–Crippen LogP) is 1.12. The Morgan fingerprint density at radius 3 is 2.54 bits per heavy atom. The number of nitrogens with zero attached hydrogens (tertiary/aromatic N) is 1. The number of hydrogen-bond donors (Lipinski definition) is 3. The summed E-state index contributed by atoms with van der Waals surface area (Å²) < 4.78 is 0. The van der Waals surface area contributed by atoms with Crippen LogP contribution in [0.4, 0.5) is 0 Å². The first-order valence-electron chi connectivity index (χ1n) is 8.23. The smallest absolute Gasteiger partial charge is 0.251 e. The summed E-state index contributed by atoms with van der Waals surface area (Å²) in [5.41, 5.74) is 9.36. The fraction of sp³-hybridized carbons (Fsp3) is 0.316. The molecule has 0 radical (unpaired) electrons. The van der Waals surface area contributed by atoms with E-state index in [0.717, 1.165) is 19.5 Å². The number of benzene rings is 2. The van der Waals surface area contributed by atoms with Gasteiger partial charge in [0, 0.05) is 25.2 Å². The molecule has 24 heavy (non-hydrogen) atoms. The third kappa shape index (κ3) is 3.82. The van der Waals surface area contributed by atoms with E-state index in [1.807, 2.05) is 30.3 Å². The maximum atomic E-state index is 12.0. The Labute approximate surface area is 142 Å². The molecule has 0 unspecified atom stereocenters. The lowest BCUT2D eigenvalue weighted by Gasteiger charge is -2.35. The van der Waals surface area contributed by atoms with Crippen molar-refractivity contribution in [2.24, 2.45) is 5.73 Å². The molecule has 2 aromatic carbocycles. The number of carbonyl (C=O) groups excluding carboxylic acids is 1. The third-order valence-electron chi connectivity index (χ3n) is 4.48. The van der Waals surface area contributed by atoms with Gasteiger partial charge in [0.25, 0.3) is 5.91 Å². The quantitative estimate of drug-likeness (QED) is 0.770. The summed E-state index contributed by atoms with van der Waals surface area (Å²) in [5, 5.41) is 13.1. The van der Waals surface area contributed by atoms with Gasteiger partial charge in [-0.05, 0) is 29.7 Å². The summed E-state index contributed by atoms with van der Waals surface area (Å²) in [4.78, 5) is 14.1. The zero-order valence-electron chi connectivity index (χ0n) is 13.6. The van der Waals surface area contributed by atoms with Gasteiger partial charge in [-0.25, -0.2) is 0 Å². The second kappa shape index (κ2) is 7.57. The standard InChI is InChI=1S/C19H23N3O2/c20-18(22-11-10-14-6-4-5-9-16(14)13-22)17(23)12-21-19(24)15-7-2-1-3-8-15/h1-9,17-18,23H,10-13,20H2,(H,21,24)/t17-,18-/m0/s1. The molecule has 0 aromatic heterocycles. The molecule has 1 amide bonds. The lowest BCUT2D eigenvalue weighted by molar-refractivity contribution is 0.0430. The van der Waals surface area contributed by atoms with Crippen molar-refractivity contribution in [1.29, 1.82) is 0 Å². The SMILES string of the molecule is N[C@H]([C@@H](O)CNC(=O)c1ccccc1)N1CCc2ccccc2C1. The largest absolute Gasteiger partial charge is 0.388 e. The topological polar surface area (TPSA) is 78.6 Å². The average Bonchev–Trinajstić information content (AvgIpc) is 2.65. The highest BCUT2D eigenvalue weighted by molar-refractivity contribution is 5.94. The van der Waals surface area contributed by atoms with Crippen LogP contribution in [0.2, 0.25) is 0 Å². The van der Waals surface area contributed by atoms with Crippen molar-refractivity contribution in [1.82, 2.24) is 10.2 Å². The Morgan fingerprint density at radius 2 is 1.79 bits per heavy atom. The second-order valence-corrected chi connectivity index (χ2v) is 6.12. The highest BCUT2D eigenvalue weighted by atomic mass is 16.3. The van der Waals surface area contributed by atoms with Crippen LogP contribution in [0, 0.1) is 0 Å². The van der Waals surface area contributed by atoms with Gasteiger partial charge >= 0.3 is 0 Å². The van der Waals surface area contributed by atoms with Crippen molar-refractivity contribution in [2.75, 3.05) is 13.1 Å². The molecule has 0 bridgehead atoms. The lowest BCUT2D eigenvalue weighted by Crippen LogP contribution is -2.54. The molecule has 0 aliphatic carbocycles. The van der Waals surface area contributed by atoms with E-state index in [-0.39, 0.29) is 12.5 Å². The minimum Gasteiger partial charge on any atom is -0.388 e. The number of rotatable bonds is 5. The summed E-state index contributed by atoms with van der Waals surface area (Å²) in [6, 6.07) is 17.2. The van der Waals surface area contributed by atoms with Crippen molar-refractivity contribution >= 4 is 5.91 Å². The molecule has 126 valence electrons. The predicted molar refractivity (Wildman–Crippen MR) is 93.3 cm³/mol. The monoisotopic (exact) mass is 325 g/mol. The Bertz CT molecular complexity index is 690. The molecule has 2 atom stereocenters. The fourth-order valence-corrected chi connectivity index (χ4v) is 3.02. The van der Waals surface area contributed by atoms with Crippen molar-refractivity contribution in [3.05, 3.63) is 71.3 Å². The number of nitrogens with two attached hydrogens (primary N) is 1. The molecule has 4 N–H and O–H groups in total. The maximum Gasteiger partial charge on any atom is 0.251 e. The number of aliphatic hydroxyl groups is 1. The number of hydrogen-bond acceptors (Lipinski definition) is 4. The number of carbonyl (C=O) groups is 1. The van der Waals surface area contributed by atoms with Gasteiger partial charge in [-0.2, -0.15) is 0 Å². The van der Waals surface area contributed by atoms with Gasteiger partial charge in [-0.3, -0.25) is 9.69 Å². The Balaban J connectivity index is 1.54. The van der Waals surface area contributed by atoms with Gasteiger partial charge in [0.1, 0.15) is 0 Å². The van der Waals surface area contributed by atoms with E-state index in [9.17, 15) is 9.90 Å². The fourth-order valence-electron chi connectivity index (χ4n) is 3.02. The molecule has 0 fully saturated rings. The van der Waals surface area contributed by atoms with Crippen LogP contribution in [0.5, 0.6) is 0 Å². The van der Waals surface area contributed by atoms with Crippen LogP contribution in [0.15, 0.2) is 54.6 Å². The summed E-state index contributed by atoms with van der Waals surface area (Å²) in [7, 11) is 0. The van der Waals surface area contributed by atoms with Crippen molar-refractivity contribution in [3.8, 4) is 0 Å². The van der Waals surface area contributed by atoms with E-state index in [2.05, 4.69) is 22.3 Å². The normalized spacial score (nSPS) is 16.9. The van der Waals surface area contributed by atoms with Gasteiger partial charge in [-0.15, -0.1) is 0 Å². The van der Waals surface area contributed by atoms with Crippen LogP contribution >= 0.6 is 0 Å². The van der Waals surface area contributed by atoms with Gasteiger partial charge in [-0.1, -0.05) is 42.5 Å². The second-order valence-electron chi connectivity index (χ2n) is 6.12. The zero-order valence-corrected chi connectivity index (χ0v) is 13.6. The zero-order chi connectivity index (χ0) is 16.9.